The first-order valence-corrected chi connectivity index (χ1v) is 11.5. The zero-order valence-corrected chi connectivity index (χ0v) is 17.5. The lowest BCUT2D eigenvalue weighted by atomic mass is 9.41. The van der Waals surface area contributed by atoms with Gasteiger partial charge in [0.05, 0.1) is 24.1 Å². The molecule has 1 aromatic heterocycles. The van der Waals surface area contributed by atoms with Crippen LogP contribution < -0.4 is 4.90 Å². The molecule has 3 saturated carbocycles. The number of halogens is 4. The minimum absolute atomic E-state index is 0.190. The van der Waals surface area contributed by atoms with Gasteiger partial charge in [0.15, 0.2) is 0 Å². The molecular formula is C20H19F4N5O2S. The SMILES string of the molecule is N#Cc1ccc2c(c1F)CN(S(=O)(=O)C(F)(F)F)CC(C13CC(C1)C3)N2Cc1cnc[nH]1. The topological polar surface area (TPSA) is 93.1 Å². The number of anilines is 1. The van der Waals surface area contributed by atoms with Gasteiger partial charge in [0.1, 0.15) is 11.9 Å². The van der Waals surface area contributed by atoms with E-state index in [4.69, 9.17) is 0 Å². The van der Waals surface area contributed by atoms with Crippen molar-refractivity contribution in [3.8, 4) is 6.07 Å². The number of aromatic amines is 1. The van der Waals surface area contributed by atoms with Crippen LogP contribution >= 0.6 is 0 Å². The first-order valence-electron chi connectivity index (χ1n) is 10.1. The van der Waals surface area contributed by atoms with Crippen molar-refractivity contribution in [2.45, 2.75) is 43.9 Å². The number of alkyl halides is 3. The zero-order chi connectivity index (χ0) is 22.9. The third-order valence-electron chi connectivity index (χ3n) is 7.06. The highest BCUT2D eigenvalue weighted by Gasteiger charge is 2.63. The van der Waals surface area contributed by atoms with E-state index in [1.165, 1.54) is 18.5 Å². The van der Waals surface area contributed by atoms with Crippen LogP contribution in [-0.2, 0) is 23.1 Å². The minimum Gasteiger partial charge on any atom is -0.360 e. The fourth-order valence-electron chi connectivity index (χ4n) is 5.37. The minimum atomic E-state index is -5.71. The molecule has 1 aromatic carbocycles. The Kier molecular flexibility index (Phi) is 4.59. The van der Waals surface area contributed by atoms with E-state index in [0.29, 0.717) is 21.6 Å². The molecular weight excluding hydrogens is 450 g/mol. The van der Waals surface area contributed by atoms with Crippen molar-refractivity contribution < 1.29 is 26.0 Å². The molecule has 6 rings (SSSR count). The first-order chi connectivity index (χ1) is 15.1. The molecule has 1 unspecified atom stereocenters. The number of nitriles is 1. The summed E-state index contributed by atoms with van der Waals surface area (Å²) in [6.07, 6.45) is 5.42. The average molecular weight is 469 g/mol. The van der Waals surface area contributed by atoms with Gasteiger partial charge in [0, 0.05) is 36.6 Å². The van der Waals surface area contributed by atoms with Crippen LogP contribution in [0.2, 0.25) is 0 Å². The van der Waals surface area contributed by atoms with Crippen molar-refractivity contribution in [3.05, 3.63) is 47.3 Å². The summed E-state index contributed by atoms with van der Waals surface area (Å²) < 4.78 is 80.9. The molecule has 2 aromatic rings. The Morgan fingerprint density at radius 2 is 2.00 bits per heavy atom. The number of imidazole rings is 1. The van der Waals surface area contributed by atoms with Gasteiger partial charge in [-0.2, -0.15) is 22.7 Å². The third-order valence-corrected chi connectivity index (χ3v) is 8.60. The number of benzene rings is 1. The van der Waals surface area contributed by atoms with Crippen molar-refractivity contribution >= 4 is 15.7 Å². The van der Waals surface area contributed by atoms with Crippen molar-refractivity contribution in [2.75, 3.05) is 11.4 Å². The number of sulfonamides is 1. The molecule has 1 aliphatic heterocycles. The summed E-state index contributed by atoms with van der Waals surface area (Å²) in [6, 6.07) is 3.87. The van der Waals surface area contributed by atoms with Gasteiger partial charge in [0.2, 0.25) is 0 Å². The van der Waals surface area contributed by atoms with Crippen molar-refractivity contribution in [1.82, 2.24) is 14.3 Å². The summed E-state index contributed by atoms with van der Waals surface area (Å²) in [5, 5.41) is 9.22. The third kappa shape index (κ3) is 3.02. The van der Waals surface area contributed by atoms with Crippen molar-refractivity contribution in [2.24, 2.45) is 11.3 Å². The van der Waals surface area contributed by atoms with Gasteiger partial charge in [-0.25, -0.2) is 17.8 Å². The van der Waals surface area contributed by atoms with E-state index in [2.05, 4.69) is 9.97 Å². The second kappa shape index (κ2) is 6.92. The highest BCUT2D eigenvalue weighted by molar-refractivity contribution is 7.89. The molecule has 0 saturated heterocycles. The largest absolute Gasteiger partial charge is 0.511 e. The molecule has 3 aliphatic carbocycles. The Morgan fingerprint density at radius 3 is 2.53 bits per heavy atom. The monoisotopic (exact) mass is 469 g/mol. The molecule has 1 N–H and O–H groups in total. The van der Waals surface area contributed by atoms with E-state index in [9.17, 15) is 26.9 Å². The number of H-pyrrole nitrogens is 1. The Hall–Kier alpha value is -2.65. The molecule has 1 atom stereocenters. The van der Waals surface area contributed by atoms with Gasteiger partial charge in [-0.3, -0.25) is 0 Å². The molecule has 7 nitrogen and oxygen atoms in total. The average Bonchev–Trinajstić information content (AvgIpc) is 3.10. The standard InChI is InChI=1S/C20H19F4N5O2S/c21-18-13(6-25)1-2-16-15(18)9-28(32(30,31)20(22,23)24)10-17(19-3-12(4-19)5-19)29(16)8-14-7-26-11-27-14/h1-2,7,11-12,17H,3-5,8-10H2,(H,26,27). The molecule has 170 valence electrons. The van der Waals surface area contributed by atoms with Crippen LogP contribution in [-0.4, -0.2) is 40.8 Å². The Labute approximate surface area is 181 Å². The summed E-state index contributed by atoms with van der Waals surface area (Å²) in [5.74, 6) is -0.502. The molecule has 4 aliphatic rings. The van der Waals surface area contributed by atoms with E-state index < -0.39 is 40.5 Å². The van der Waals surface area contributed by atoms with Crippen molar-refractivity contribution in [3.63, 3.8) is 0 Å². The lowest BCUT2D eigenvalue weighted by Crippen LogP contribution is -2.66. The molecule has 0 radical (unpaired) electrons. The predicted octanol–water partition coefficient (Wildman–Crippen LogP) is 3.26. The van der Waals surface area contributed by atoms with E-state index in [1.807, 2.05) is 0 Å². The summed E-state index contributed by atoms with van der Waals surface area (Å²) in [6.45, 7) is -1.03. The van der Waals surface area contributed by atoms with Crippen LogP contribution in [0.4, 0.5) is 23.2 Å². The predicted molar refractivity (Wildman–Crippen MR) is 105 cm³/mol. The van der Waals surface area contributed by atoms with Crippen LogP contribution in [0, 0.1) is 28.5 Å². The number of aromatic nitrogens is 2. The molecule has 0 spiro atoms. The van der Waals surface area contributed by atoms with Crippen LogP contribution in [0.15, 0.2) is 24.7 Å². The van der Waals surface area contributed by atoms with Crippen LogP contribution in [0.1, 0.15) is 36.1 Å². The highest BCUT2D eigenvalue weighted by Crippen LogP contribution is 2.67. The van der Waals surface area contributed by atoms with E-state index in [1.54, 1.807) is 17.2 Å². The summed E-state index contributed by atoms with van der Waals surface area (Å²) in [7, 11) is -5.71. The van der Waals surface area contributed by atoms with Crippen LogP contribution in [0.3, 0.4) is 0 Å². The maximum Gasteiger partial charge on any atom is 0.511 e. The number of nitrogens with one attached hydrogen (secondary N) is 1. The normalized spacial score (nSPS) is 27.7. The van der Waals surface area contributed by atoms with E-state index >= 15 is 4.39 Å². The molecule has 3 fully saturated rings. The Balaban J connectivity index is 1.68. The zero-order valence-electron chi connectivity index (χ0n) is 16.7. The van der Waals surface area contributed by atoms with Crippen LogP contribution in [0.5, 0.6) is 0 Å². The maximum atomic E-state index is 15.2. The number of fused-ring (bicyclic) bond motifs is 1. The molecule has 12 heteroatoms. The lowest BCUT2D eigenvalue weighted by molar-refractivity contribution is -0.129. The quantitative estimate of drug-likeness (QED) is 0.694. The van der Waals surface area contributed by atoms with Gasteiger partial charge in [-0.05, 0) is 42.7 Å². The van der Waals surface area contributed by atoms with Crippen molar-refractivity contribution in [1.29, 1.82) is 5.26 Å². The maximum absolute atomic E-state index is 15.2. The second-order valence-electron chi connectivity index (χ2n) is 8.84. The van der Waals surface area contributed by atoms with Gasteiger partial charge < -0.3 is 9.88 Å². The highest BCUT2D eigenvalue weighted by atomic mass is 32.2. The summed E-state index contributed by atoms with van der Waals surface area (Å²) >= 11 is 0. The Bertz CT molecular complexity index is 1190. The van der Waals surface area contributed by atoms with Gasteiger partial charge in [0.25, 0.3) is 0 Å². The number of nitrogens with zero attached hydrogens (tertiary/aromatic N) is 4. The molecule has 32 heavy (non-hydrogen) atoms. The fourth-order valence-corrected chi connectivity index (χ4v) is 6.30. The van der Waals surface area contributed by atoms with Crippen LogP contribution in [0.25, 0.3) is 0 Å². The smallest absolute Gasteiger partial charge is 0.360 e. The first kappa shape index (κ1) is 21.2. The van der Waals surface area contributed by atoms with Gasteiger partial charge in [-0.1, -0.05) is 0 Å². The fraction of sp³-hybridized carbons (Fsp3) is 0.500. The molecule has 2 bridgehead atoms. The Morgan fingerprint density at radius 1 is 1.28 bits per heavy atom. The second-order valence-corrected chi connectivity index (χ2v) is 10.8. The summed E-state index contributed by atoms with van der Waals surface area (Å²) in [4.78, 5) is 8.71. The number of rotatable bonds is 4. The lowest BCUT2D eigenvalue weighted by Gasteiger charge is -2.67. The van der Waals surface area contributed by atoms with Gasteiger partial charge in [-0.15, -0.1) is 0 Å². The summed E-state index contributed by atoms with van der Waals surface area (Å²) in [5.41, 5.74) is -5.46. The number of hydrogen-bond donors (Lipinski definition) is 1. The van der Waals surface area contributed by atoms with E-state index in [-0.39, 0.29) is 23.1 Å². The molecule has 0 amide bonds. The van der Waals surface area contributed by atoms with Gasteiger partial charge >= 0.3 is 15.5 Å². The number of hydrogen-bond acceptors (Lipinski definition) is 5. The molecule has 2 heterocycles. The van der Waals surface area contributed by atoms with E-state index in [0.717, 1.165) is 19.3 Å².